The number of benzene rings is 2. The molecule has 1 aromatic heterocycles. The smallest absolute Gasteiger partial charge is 0.161 e. The third-order valence-electron chi connectivity index (χ3n) is 6.30. The van der Waals surface area contributed by atoms with Gasteiger partial charge in [-0.25, -0.2) is 4.98 Å². The topological polar surface area (TPSA) is 36.3 Å². The van der Waals surface area contributed by atoms with E-state index < -0.39 is 0 Å². The number of fused-ring (bicyclic) bond motifs is 1. The van der Waals surface area contributed by atoms with Gasteiger partial charge in [0, 0.05) is 12.5 Å². The largest absolute Gasteiger partial charge is 0.493 e. The lowest BCUT2D eigenvalue weighted by Crippen LogP contribution is -2.13. The zero-order valence-corrected chi connectivity index (χ0v) is 18.7. The second-order valence-electron chi connectivity index (χ2n) is 8.48. The van der Waals surface area contributed by atoms with E-state index in [-0.39, 0.29) is 0 Å². The highest BCUT2D eigenvalue weighted by Gasteiger charge is 2.22. The number of para-hydroxylation sites is 2. The van der Waals surface area contributed by atoms with Crippen LogP contribution < -0.4 is 9.47 Å². The molecule has 4 nitrogen and oxygen atoms in total. The molecular formula is C27H34N2O2. The number of hydrogen-bond acceptors (Lipinski definition) is 3. The Kier molecular flexibility index (Phi) is 7.29. The van der Waals surface area contributed by atoms with Gasteiger partial charge in [-0.2, -0.15) is 0 Å². The molecule has 1 aliphatic carbocycles. The predicted molar refractivity (Wildman–Crippen MR) is 127 cm³/mol. The standard InChI is InChI=1S/C27H34N2O2/c1-3-11-21-16-17-25(26(20-21)30-2)31-19-10-9-18-29-24-15-8-7-14-23(24)28-27(29)22-12-5-4-6-13-22/h3,7-8,14-17,20,22H,1,4-6,9-13,18-19H2,2H3. The number of rotatable bonds is 10. The monoisotopic (exact) mass is 418 g/mol. The summed E-state index contributed by atoms with van der Waals surface area (Å²) in [6.45, 7) is 5.48. The number of aromatic nitrogens is 2. The molecule has 1 heterocycles. The number of imidazole rings is 1. The third kappa shape index (κ3) is 5.12. The zero-order valence-electron chi connectivity index (χ0n) is 18.7. The van der Waals surface area contributed by atoms with E-state index in [1.165, 1.54) is 49.0 Å². The van der Waals surface area contributed by atoms with E-state index in [0.717, 1.165) is 42.8 Å². The maximum atomic E-state index is 6.04. The normalized spacial score (nSPS) is 14.6. The molecule has 0 saturated heterocycles. The van der Waals surface area contributed by atoms with E-state index in [1.807, 2.05) is 18.2 Å². The van der Waals surface area contributed by atoms with Crippen molar-refractivity contribution < 1.29 is 9.47 Å². The van der Waals surface area contributed by atoms with Crippen molar-refractivity contribution >= 4 is 11.0 Å². The second kappa shape index (κ2) is 10.5. The molecule has 1 saturated carbocycles. The summed E-state index contributed by atoms with van der Waals surface area (Å²) in [5.74, 6) is 3.50. The number of methoxy groups -OCH3 is 1. The highest BCUT2D eigenvalue weighted by atomic mass is 16.5. The number of allylic oxidation sites excluding steroid dienone is 1. The van der Waals surface area contributed by atoms with Crippen molar-refractivity contribution in [1.29, 1.82) is 0 Å². The molecule has 2 aromatic carbocycles. The van der Waals surface area contributed by atoms with E-state index in [1.54, 1.807) is 7.11 Å². The molecule has 0 bridgehead atoms. The minimum Gasteiger partial charge on any atom is -0.493 e. The van der Waals surface area contributed by atoms with Gasteiger partial charge in [-0.1, -0.05) is 43.5 Å². The lowest BCUT2D eigenvalue weighted by molar-refractivity contribution is 0.283. The Morgan fingerprint density at radius 2 is 1.90 bits per heavy atom. The average molecular weight is 419 g/mol. The van der Waals surface area contributed by atoms with Gasteiger partial charge in [-0.3, -0.25) is 0 Å². The van der Waals surface area contributed by atoms with E-state index in [4.69, 9.17) is 14.5 Å². The molecule has 0 unspecified atom stereocenters. The molecule has 1 aliphatic rings. The fourth-order valence-electron chi connectivity index (χ4n) is 4.68. The number of nitrogens with zero attached hydrogens (tertiary/aromatic N) is 2. The Hall–Kier alpha value is -2.75. The molecule has 0 amide bonds. The Labute approximate surface area is 185 Å². The summed E-state index contributed by atoms with van der Waals surface area (Å²) < 4.78 is 14.0. The van der Waals surface area contributed by atoms with Crippen molar-refractivity contribution in [3.63, 3.8) is 0 Å². The van der Waals surface area contributed by atoms with Crippen LogP contribution in [-0.4, -0.2) is 23.3 Å². The van der Waals surface area contributed by atoms with Crippen molar-refractivity contribution in [1.82, 2.24) is 9.55 Å². The van der Waals surface area contributed by atoms with Gasteiger partial charge in [-0.05, 0) is 61.9 Å². The van der Waals surface area contributed by atoms with E-state index in [0.29, 0.717) is 12.5 Å². The molecule has 31 heavy (non-hydrogen) atoms. The van der Waals surface area contributed by atoms with Crippen molar-refractivity contribution in [2.45, 2.75) is 63.8 Å². The van der Waals surface area contributed by atoms with Gasteiger partial charge in [0.2, 0.25) is 0 Å². The fraction of sp³-hybridized carbons (Fsp3) is 0.444. The van der Waals surface area contributed by atoms with Gasteiger partial charge in [-0.15, -0.1) is 6.58 Å². The van der Waals surface area contributed by atoms with Crippen molar-refractivity contribution in [3.8, 4) is 11.5 Å². The molecular weight excluding hydrogens is 384 g/mol. The zero-order chi connectivity index (χ0) is 21.5. The second-order valence-corrected chi connectivity index (χ2v) is 8.48. The first-order valence-electron chi connectivity index (χ1n) is 11.7. The first-order chi connectivity index (χ1) is 15.3. The van der Waals surface area contributed by atoms with Gasteiger partial charge < -0.3 is 14.0 Å². The molecule has 0 aliphatic heterocycles. The van der Waals surface area contributed by atoms with Crippen molar-refractivity contribution in [2.24, 2.45) is 0 Å². The molecule has 3 aromatic rings. The summed E-state index contributed by atoms with van der Waals surface area (Å²) in [4.78, 5) is 5.04. The maximum absolute atomic E-state index is 6.04. The number of ether oxygens (including phenoxy) is 2. The minimum atomic E-state index is 0.607. The Bertz CT molecular complexity index is 1000. The minimum absolute atomic E-state index is 0.607. The molecule has 164 valence electrons. The maximum Gasteiger partial charge on any atom is 0.161 e. The quantitative estimate of drug-likeness (QED) is 0.272. The lowest BCUT2D eigenvalue weighted by Gasteiger charge is -2.22. The number of hydrogen-bond donors (Lipinski definition) is 0. The van der Waals surface area contributed by atoms with E-state index >= 15 is 0 Å². The van der Waals surface area contributed by atoms with Crippen LogP contribution in [0.1, 0.15) is 62.3 Å². The fourth-order valence-corrected chi connectivity index (χ4v) is 4.68. The SMILES string of the molecule is C=CCc1ccc(OCCCCn2c(C3CCCCC3)nc3ccccc32)c(OC)c1. The molecule has 1 fully saturated rings. The molecule has 4 heteroatoms. The van der Waals surface area contributed by atoms with Gasteiger partial charge in [0.15, 0.2) is 11.5 Å². The van der Waals surface area contributed by atoms with Gasteiger partial charge in [0.25, 0.3) is 0 Å². The van der Waals surface area contributed by atoms with Crippen LogP contribution in [0.2, 0.25) is 0 Å². The highest BCUT2D eigenvalue weighted by Crippen LogP contribution is 2.34. The summed E-state index contributed by atoms with van der Waals surface area (Å²) in [5.41, 5.74) is 3.58. The van der Waals surface area contributed by atoms with Crippen LogP contribution in [0, 0.1) is 0 Å². The van der Waals surface area contributed by atoms with E-state index in [9.17, 15) is 0 Å². The molecule has 0 radical (unpaired) electrons. The molecule has 4 rings (SSSR count). The summed E-state index contributed by atoms with van der Waals surface area (Å²) in [7, 11) is 1.69. The van der Waals surface area contributed by atoms with Crippen molar-refractivity contribution in [3.05, 3.63) is 66.5 Å². The number of unbranched alkanes of at least 4 members (excludes halogenated alkanes) is 1. The number of aryl methyl sites for hydroxylation is 1. The third-order valence-corrected chi connectivity index (χ3v) is 6.30. The van der Waals surface area contributed by atoms with E-state index in [2.05, 4.69) is 41.5 Å². The summed E-state index contributed by atoms with van der Waals surface area (Å²) in [5, 5.41) is 0. The lowest BCUT2D eigenvalue weighted by atomic mass is 9.88. The Balaban J connectivity index is 1.37. The van der Waals surface area contributed by atoms with Crippen LogP contribution in [0.25, 0.3) is 11.0 Å². The van der Waals surface area contributed by atoms with Gasteiger partial charge >= 0.3 is 0 Å². The summed E-state index contributed by atoms with van der Waals surface area (Å²) in [6.07, 6.45) is 11.4. The Morgan fingerprint density at radius 1 is 1.06 bits per heavy atom. The van der Waals surface area contributed by atoms with Gasteiger partial charge in [0.05, 0.1) is 24.8 Å². The first-order valence-corrected chi connectivity index (χ1v) is 11.7. The first kappa shape index (κ1) is 21.5. The van der Waals surface area contributed by atoms with Crippen molar-refractivity contribution in [2.75, 3.05) is 13.7 Å². The van der Waals surface area contributed by atoms with Gasteiger partial charge in [0.1, 0.15) is 5.82 Å². The summed E-state index contributed by atoms with van der Waals surface area (Å²) >= 11 is 0. The van der Waals surface area contributed by atoms with Crippen LogP contribution >= 0.6 is 0 Å². The molecule has 0 atom stereocenters. The summed E-state index contributed by atoms with van der Waals surface area (Å²) in [6, 6.07) is 14.7. The van der Waals surface area contributed by atoms with Crippen LogP contribution in [-0.2, 0) is 13.0 Å². The van der Waals surface area contributed by atoms with Crippen LogP contribution in [0.15, 0.2) is 55.1 Å². The van der Waals surface area contributed by atoms with Crippen LogP contribution in [0.3, 0.4) is 0 Å². The predicted octanol–water partition coefficient (Wildman–Crippen LogP) is 6.68. The highest BCUT2D eigenvalue weighted by molar-refractivity contribution is 5.76. The Morgan fingerprint density at radius 3 is 2.71 bits per heavy atom. The average Bonchev–Trinajstić information content (AvgIpc) is 3.19. The van der Waals surface area contributed by atoms with Crippen LogP contribution in [0.4, 0.5) is 0 Å². The van der Waals surface area contributed by atoms with Crippen LogP contribution in [0.5, 0.6) is 11.5 Å². The molecule has 0 N–H and O–H groups in total. The molecule has 0 spiro atoms.